The van der Waals surface area contributed by atoms with Crippen molar-refractivity contribution in [1.82, 2.24) is 20.2 Å². The predicted octanol–water partition coefficient (Wildman–Crippen LogP) is 0.607. The van der Waals surface area contributed by atoms with Gasteiger partial charge in [0.2, 0.25) is 0 Å². The summed E-state index contributed by atoms with van der Waals surface area (Å²) in [5.41, 5.74) is 0. The van der Waals surface area contributed by atoms with Crippen molar-refractivity contribution in [3.8, 4) is 0 Å². The summed E-state index contributed by atoms with van der Waals surface area (Å²) >= 11 is 1.75. The monoisotopic (exact) mass is 226 g/mol. The van der Waals surface area contributed by atoms with Crippen LogP contribution in [0.25, 0.3) is 0 Å². The highest BCUT2D eigenvalue weighted by atomic mass is 32.2. The number of carbonyl (C=O) groups excluding carboxylic acids is 1. The molecule has 1 aromatic heterocycles. The second kappa shape index (κ2) is 3.92. The van der Waals surface area contributed by atoms with E-state index >= 15 is 0 Å². The van der Waals surface area contributed by atoms with E-state index < -0.39 is 0 Å². The van der Waals surface area contributed by atoms with E-state index in [-0.39, 0.29) is 10.5 Å². The average molecular weight is 226 g/mol. The van der Waals surface area contributed by atoms with Gasteiger partial charge in [-0.1, -0.05) is 0 Å². The predicted molar refractivity (Wildman–Crippen MR) is 57.6 cm³/mol. The first-order chi connectivity index (χ1) is 7.10. The Morgan fingerprint density at radius 3 is 3.00 bits per heavy atom. The van der Waals surface area contributed by atoms with E-state index in [2.05, 4.69) is 15.4 Å². The Bertz CT molecular complexity index is 370. The largest absolute Gasteiger partial charge is 0.298 e. The number of Topliss-reactive ketones (excluding diaryl/α,β-unsaturated/α-hetero) is 1. The molecule has 1 atom stereocenters. The third-order valence-electron chi connectivity index (χ3n) is 2.68. The molecule has 1 aromatic rings. The number of aromatic nitrogens is 4. The van der Waals surface area contributed by atoms with Gasteiger partial charge in [0.25, 0.3) is 0 Å². The number of tetrazole rings is 1. The summed E-state index contributed by atoms with van der Waals surface area (Å²) in [5.74, 6) is 1.82. The zero-order valence-corrected chi connectivity index (χ0v) is 9.75. The highest BCUT2D eigenvalue weighted by Gasteiger charge is 2.37. The first kappa shape index (κ1) is 10.6. The number of thioether (sulfide) groups is 1. The number of ketones is 1. The lowest BCUT2D eigenvalue weighted by molar-refractivity contribution is -0.120. The summed E-state index contributed by atoms with van der Waals surface area (Å²) in [6, 6.07) is 0. The summed E-state index contributed by atoms with van der Waals surface area (Å²) in [5, 5.41) is 11.6. The van der Waals surface area contributed by atoms with Gasteiger partial charge < -0.3 is 0 Å². The van der Waals surface area contributed by atoms with Gasteiger partial charge in [-0.3, -0.25) is 4.79 Å². The SMILES string of the molecule is Cn1nnc(CC(=O)C2(C)CCCS2)n1. The quantitative estimate of drug-likeness (QED) is 0.755. The number of hydrogen-bond acceptors (Lipinski definition) is 5. The Morgan fingerprint density at radius 2 is 2.47 bits per heavy atom. The molecule has 0 bridgehead atoms. The molecule has 0 saturated carbocycles. The van der Waals surface area contributed by atoms with E-state index in [9.17, 15) is 4.79 Å². The van der Waals surface area contributed by atoms with Crippen LogP contribution >= 0.6 is 11.8 Å². The number of rotatable bonds is 3. The Kier molecular flexibility index (Phi) is 2.77. The van der Waals surface area contributed by atoms with Crippen LogP contribution in [-0.4, -0.2) is 36.5 Å². The van der Waals surface area contributed by atoms with Gasteiger partial charge in [-0.15, -0.1) is 22.0 Å². The van der Waals surface area contributed by atoms with Crippen LogP contribution in [0.2, 0.25) is 0 Å². The van der Waals surface area contributed by atoms with Crippen molar-refractivity contribution in [2.24, 2.45) is 7.05 Å². The summed E-state index contributed by atoms with van der Waals surface area (Å²) in [6.45, 7) is 2.02. The van der Waals surface area contributed by atoms with Crippen molar-refractivity contribution in [3.05, 3.63) is 5.82 Å². The molecule has 1 saturated heterocycles. The molecule has 1 aliphatic rings. The lowest BCUT2D eigenvalue weighted by Crippen LogP contribution is -2.30. The molecular formula is C9H14N4OS. The molecule has 0 N–H and O–H groups in total. The van der Waals surface area contributed by atoms with Crippen molar-refractivity contribution >= 4 is 17.5 Å². The minimum Gasteiger partial charge on any atom is -0.298 e. The first-order valence-electron chi connectivity index (χ1n) is 5.00. The number of nitrogens with zero attached hydrogens (tertiary/aromatic N) is 4. The first-order valence-corrected chi connectivity index (χ1v) is 5.99. The molecule has 2 heterocycles. The third-order valence-corrected chi connectivity index (χ3v) is 4.24. The molecule has 0 radical (unpaired) electrons. The fourth-order valence-electron chi connectivity index (χ4n) is 1.72. The van der Waals surface area contributed by atoms with E-state index in [1.165, 1.54) is 4.80 Å². The third kappa shape index (κ3) is 2.19. The van der Waals surface area contributed by atoms with E-state index in [1.54, 1.807) is 18.8 Å². The normalized spacial score (nSPS) is 25.7. The van der Waals surface area contributed by atoms with Gasteiger partial charge in [0.05, 0.1) is 18.2 Å². The topological polar surface area (TPSA) is 60.7 Å². The minimum atomic E-state index is -0.223. The minimum absolute atomic E-state index is 0.220. The molecular weight excluding hydrogens is 212 g/mol. The zero-order valence-electron chi connectivity index (χ0n) is 8.93. The fourth-order valence-corrected chi connectivity index (χ4v) is 2.98. The van der Waals surface area contributed by atoms with Crippen LogP contribution in [0.1, 0.15) is 25.6 Å². The van der Waals surface area contributed by atoms with Crippen molar-refractivity contribution in [1.29, 1.82) is 0 Å². The lowest BCUT2D eigenvalue weighted by Gasteiger charge is -2.19. The van der Waals surface area contributed by atoms with Gasteiger partial charge in [-0.05, 0) is 30.7 Å². The summed E-state index contributed by atoms with van der Waals surface area (Å²) in [6.07, 6.45) is 2.40. The Morgan fingerprint density at radius 1 is 1.67 bits per heavy atom. The molecule has 5 nitrogen and oxygen atoms in total. The molecule has 6 heteroatoms. The van der Waals surface area contributed by atoms with Gasteiger partial charge in [0.1, 0.15) is 0 Å². The molecule has 1 aliphatic heterocycles. The smallest absolute Gasteiger partial charge is 0.182 e. The van der Waals surface area contributed by atoms with Crippen molar-refractivity contribution in [2.75, 3.05) is 5.75 Å². The molecule has 0 amide bonds. The van der Waals surface area contributed by atoms with E-state index in [1.807, 2.05) is 6.92 Å². The van der Waals surface area contributed by atoms with Crippen molar-refractivity contribution in [3.63, 3.8) is 0 Å². The maximum atomic E-state index is 12.0. The molecule has 0 aliphatic carbocycles. The summed E-state index contributed by atoms with van der Waals surface area (Å²) in [4.78, 5) is 13.4. The maximum absolute atomic E-state index is 12.0. The number of hydrogen-bond donors (Lipinski definition) is 0. The van der Waals surface area contributed by atoms with Crippen molar-refractivity contribution in [2.45, 2.75) is 30.9 Å². The van der Waals surface area contributed by atoms with Crippen LogP contribution in [0.4, 0.5) is 0 Å². The van der Waals surface area contributed by atoms with E-state index in [4.69, 9.17) is 0 Å². The second-order valence-electron chi connectivity index (χ2n) is 3.98. The Balaban J connectivity index is 2.03. The Labute approximate surface area is 92.6 Å². The standard InChI is InChI=1S/C9H14N4OS/c1-9(4-3-5-15-9)7(14)6-8-10-12-13(2)11-8/h3-6H2,1-2H3. The van der Waals surface area contributed by atoms with Crippen LogP contribution < -0.4 is 0 Å². The van der Waals surface area contributed by atoms with Gasteiger partial charge >= 0.3 is 0 Å². The fraction of sp³-hybridized carbons (Fsp3) is 0.778. The molecule has 2 rings (SSSR count). The zero-order chi connectivity index (χ0) is 10.9. The van der Waals surface area contributed by atoms with Gasteiger partial charge in [-0.25, -0.2) is 0 Å². The van der Waals surface area contributed by atoms with Crippen LogP contribution in [0.3, 0.4) is 0 Å². The second-order valence-corrected chi connectivity index (χ2v) is 5.58. The molecule has 1 unspecified atom stereocenters. The molecule has 1 fully saturated rings. The van der Waals surface area contributed by atoms with Crippen LogP contribution in [-0.2, 0) is 18.3 Å². The van der Waals surface area contributed by atoms with E-state index in [0.717, 1.165) is 18.6 Å². The Hall–Kier alpha value is -0.910. The molecule has 0 aromatic carbocycles. The summed E-state index contributed by atoms with van der Waals surface area (Å²) in [7, 11) is 1.70. The average Bonchev–Trinajstić information content (AvgIpc) is 2.76. The lowest BCUT2D eigenvalue weighted by atomic mass is 9.98. The van der Waals surface area contributed by atoms with Gasteiger partial charge in [-0.2, -0.15) is 4.80 Å². The van der Waals surface area contributed by atoms with Gasteiger partial charge in [0.15, 0.2) is 11.6 Å². The summed E-state index contributed by atoms with van der Waals surface area (Å²) < 4.78 is -0.223. The van der Waals surface area contributed by atoms with E-state index in [0.29, 0.717) is 12.2 Å². The van der Waals surface area contributed by atoms with Gasteiger partial charge in [0, 0.05) is 0 Å². The highest BCUT2D eigenvalue weighted by molar-refractivity contribution is 8.01. The maximum Gasteiger partial charge on any atom is 0.182 e. The molecule has 82 valence electrons. The van der Waals surface area contributed by atoms with Crippen LogP contribution in [0, 0.1) is 0 Å². The highest BCUT2D eigenvalue weighted by Crippen LogP contribution is 2.38. The number of carbonyl (C=O) groups is 1. The van der Waals surface area contributed by atoms with Crippen molar-refractivity contribution < 1.29 is 4.79 Å². The molecule has 15 heavy (non-hydrogen) atoms. The van der Waals surface area contributed by atoms with Crippen LogP contribution in [0.15, 0.2) is 0 Å². The number of aryl methyl sites for hydroxylation is 1. The van der Waals surface area contributed by atoms with Crippen LogP contribution in [0.5, 0.6) is 0 Å². The molecule has 0 spiro atoms.